The van der Waals surface area contributed by atoms with E-state index in [-0.39, 0.29) is 11.5 Å². The second-order valence-corrected chi connectivity index (χ2v) is 7.35. The van der Waals surface area contributed by atoms with Gasteiger partial charge in [-0.1, -0.05) is 35.3 Å². The molecule has 0 aliphatic carbocycles. The van der Waals surface area contributed by atoms with Gasteiger partial charge in [-0.2, -0.15) is 0 Å². The Labute approximate surface area is 182 Å². The molecule has 1 aliphatic rings. The number of ether oxygens (including phenoxy) is 1. The molecule has 5 nitrogen and oxygen atoms in total. The first-order chi connectivity index (χ1) is 14.4. The van der Waals surface area contributed by atoms with Crippen molar-refractivity contribution in [3.8, 4) is 5.75 Å². The molecule has 3 aromatic carbocycles. The predicted molar refractivity (Wildman–Crippen MR) is 118 cm³/mol. The number of hydrogen-bond acceptors (Lipinski definition) is 3. The van der Waals surface area contributed by atoms with E-state index in [1.165, 1.54) is 24.1 Å². The van der Waals surface area contributed by atoms with Gasteiger partial charge in [0, 0.05) is 21.3 Å². The van der Waals surface area contributed by atoms with Crippen LogP contribution >= 0.6 is 23.2 Å². The average Bonchev–Trinajstić information content (AvgIpc) is 3.02. The van der Waals surface area contributed by atoms with Crippen LogP contribution in [0.4, 0.5) is 11.4 Å². The van der Waals surface area contributed by atoms with Crippen LogP contribution in [-0.2, 0) is 4.79 Å². The fourth-order valence-corrected chi connectivity index (χ4v) is 3.93. The van der Waals surface area contributed by atoms with Crippen LogP contribution in [0.5, 0.6) is 5.75 Å². The van der Waals surface area contributed by atoms with Gasteiger partial charge in [-0.3, -0.25) is 9.69 Å². The van der Waals surface area contributed by atoms with Crippen molar-refractivity contribution in [3.05, 3.63) is 87.4 Å². The van der Waals surface area contributed by atoms with Crippen molar-refractivity contribution in [2.45, 2.75) is 0 Å². The van der Waals surface area contributed by atoms with Crippen molar-refractivity contribution in [2.24, 2.45) is 0 Å². The van der Waals surface area contributed by atoms with Gasteiger partial charge in [0.15, 0.2) is 0 Å². The third-order valence-corrected chi connectivity index (χ3v) is 5.49. The van der Waals surface area contributed by atoms with Gasteiger partial charge in [0.25, 0.3) is 5.91 Å². The maximum Gasteiger partial charge on any atom is 0.335 e. The maximum absolute atomic E-state index is 13.5. The summed E-state index contributed by atoms with van der Waals surface area (Å²) in [5.41, 5.74) is 2.81. The average molecular weight is 440 g/mol. The number of carboxylic acid groups (broad SMARTS) is 1. The number of anilines is 2. The van der Waals surface area contributed by atoms with Crippen LogP contribution < -0.4 is 9.64 Å². The van der Waals surface area contributed by atoms with Crippen LogP contribution in [-0.4, -0.2) is 24.1 Å². The molecule has 0 spiro atoms. The number of aromatic carboxylic acids is 1. The van der Waals surface area contributed by atoms with Gasteiger partial charge in [0.1, 0.15) is 5.75 Å². The number of carbonyl (C=O) groups excluding carboxylic acids is 1. The second kappa shape index (κ2) is 7.86. The minimum absolute atomic E-state index is 0.134. The summed E-state index contributed by atoms with van der Waals surface area (Å²) < 4.78 is 5.51. The lowest BCUT2D eigenvalue weighted by Gasteiger charge is -2.17. The highest BCUT2D eigenvalue weighted by molar-refractivity contribution is 6.42. The normalized spacial score (nSPS) is 14.2. The number of rotatable bonds is 4. The molecule has 7 heteroatoms. The van der Waals surface area contributed by atoms with Crippen LogP contribution in [0, 0.1) is 0 Å². The number of hydrogen-bond donors (Lipinski definition) is 1. The molecule has 0 radical (unpaired) electrons. The summed E-state index contributed by atoms with van der Waals surface area (Å²) in [6, 6.07) is 16.6. The van der Waals surface area contributed by atoms with Crippen molar-refractivity contribution in [1.29, 1.82) is 0 Å². The zero-order chi connectivity index (χ0) is 21.4. The van der Waals surface area contributed by atoms with E-state index in [1.54, 1.807) is 54.6 Å². The zero-order valence-electron chi connectivity index (χ0n) is 15.7. The smallest absolute Gasteiger partial charge is 0.335 e. The van der Waals surface area contributed by atoms with Crippen LogP contribution in [0.25, 0.3) is 11.6 Å². The molecule has 0 atom stereocenters. The standard InChI is InChI=1S/C23H15Cl2NO4/c1-30-20-7-3-6-19-21(20)16(12-15-17(24)4-2-5-18(15)25)22(27)26(19)14-10-8-13(9-11-14)23(28)29/h2-12H,1H3,(H,28,29)/b16-12-. The lowest BCUT2D eigenvalue weighted by Crippen LogP contribution is -2.20. The number of amides is 1. The molecule has 0 bridgehead atoms. The molecule has 0 unspecified atom stereocenters. The predicted octanol–water partition coefficient (Wildman–Crippen LogP) is 5.92. The summed E-state index contributed by atoms with van der Waals surface area (Å²) in [5, 5.41) is 9.99. The molecule has 4 rings (SSSR count). The van der Waals surface area contributed by atoms with E-state index in [4.69, 9.17) is 33.0 Å². The third-order valence-electron chi connectivity index (χ3n) is 4.83. The molecule has 0 saturated heterocycles. The molecule has 1 aliphatic heterocycles. The van der Waals surface area contributed by atoms with Gasteiger partial charge < -0.3 is 9.84 Å². The van der Waals surface area contributed by atoms with Gasteiger partial charge in [0.05, 0.1) is 29.5 Å². The van der Waals surface area contributed by atoms with E-state index >= 15 is 0 Å². The Morgan fingerprint density at radius 1 is 1.00 bits per heavy atom. The van der Waals surface area contributed by atoms with Gasteiger partial charge in [-0.25, -0.2) is 4.79 Å². The molecule has 3 aromatic rings. The van der Waals surface area contributed by atoms with E-state index in [9.17, 15) is 9.59 Å². The minimum atomic E-state index is -1.04. The largest absolute Gasteiger partial charge is 0.496 e. The Balaban J connectivity index is 1.92. The number of carboxylic acids is 1. The fraction of sp³-hybridized carbons (Fsp3) is 0.0435. The Kier molecular flexibility index (Phi) is 5.24. The number of nitrogens with zero attached hydrogens (tertiary/aromatic N) is 1. The third kappa shape index (κ3) is 3.32. The molecule has 0 aromatic heterocycles. The van der Waals surface area contributed by atoms with E-state index < -0.39 is 5.97 Å². The zero-order valence-corrected chi connectivity index (χ0v) is 17.2. The fourth-order valence-electron chi connectivity index (χ4n) is 3.42. The van der Waals surface area contributed by atoms with E-state index in [2.05, 4.69) is 0 Å². The van der Waals surface area contributed by atoms with Gasteiger partial charge >= 0.3 is 5.97 Å². The van der Waals surface area contributed by atoms with Crippen molar-refractivity contribution < 1.29 is 19.4 Å². The summed E-state index contributed by atoms with van der Waals surface area (Å²) in [6.07, 6.45) is 1.65. The van der Waals surface area contributed by atoms with Crippen molar-refractivity contribution in [3.63, 3.8) is 0 Å². The van der Waals surface area contributed by atoms with Crippen LogP contribution in [0.1, 0.15) is 21.5 Å². The molecule has 1 amide bonds. The van der Waals surface area contributed by atoms with Crippen LogP contribution in [0.2, 0.25) is 10.0 Å². The molecule has 1 N–H and O–H groups in total. The number of fused-ring (bicyclic) bond motifs is 1. The molecule has 30 heavy (non-hydrogen) atoms. The van der Waals surface area contributed by atoms with Crippen molar-refractivity contribution >= 4 is 58.1 Å². The van der Waals surface area contributed by atoms with E-state index in [1.807, 2.05) is 0 Å². The van der Waals surface area contributed by atoms with Crippen LogP contribution in [0.3, 0.4) is 0 Å². The van der Waals surface area contributed by atoms with Gasteiger partial charge in [-0.05, 0) is 54.6 Å². The number of halogens is 2. The highest BCUT2D eigenvalue weighted by Gasteiger charge is 2.36. The van der Waals surface area contributed by atoms with Gasteiger partial charge in [-0.15, -0.1) is 0 Å². The summed E-state index contributed by atoms with van der Waals surface area (Å²) in [6.45, 7) is 0. The quantitative estimate of drug-likeness (QED) is 0.512. The summed E-state index contributed by atoms with van der Waals surface area (Å²) >= 11 is 12.6. The Hall–Kier alpha value is -3.28. The van der Waals surface area contributed by atoms with Crippen molar-refractivity contribution in [1.82, 2.24) is 0 Å². The second-order valence-electron chi connectivity index (χ2n) is 6.54. The SMILES string of the molecule is COc1cccc2c1/C(=C/c1c(Cl)cccc1Cl)C(=O)N2c1ccc(C(=O)O)cc1. The molecule has 1 heterocycles. The molecule has 150 valence electrons. The lowest BCUT2D eigenvalue weighted by molar-refractivity contribution is -0.112. The summed E-state index contributed by atoms with van der Waals surface area (Å²) in [7, 11) is 1.53. The Bertz CT molecular complexity index is 1180. The topological polar surface area (TPSA) is 66.8 Å². The molecule has 0 saturated carbocycles. The summed E-state index contributed by atoms with van der Waals surface area (Å²) in [4.78, 5) is 26.2. The first kappa shape index (κ1) is 20.0. The summed E-state index contributed by atoms with van der Waals surface area (Å²) in [5.74, 6) is -0.807. The number of carbonyl (C=O) groups is 2. The highest BCUT2D eigenvalue weighted by atomic mass is 35.5. The highest BCUT2D eigenvalue weighted by Crippen LogP contribution is 2.47. The van der Waals surface area contributed by atoms with Gasteiger partial charge in [0.2, 0.25) is 0 Å². The first-order valence-corrected chi connectivity index (χ1v) is 9.69. The molecular formula is C23H15Cl2NO4. The first-order valence-electron chi connectivity index (χ1n) is 8.93. The number of benzene rings is 3. The minimum Gasteiger partial charge on any atom is -0.496 e. The van der Waals surface area contributed by atoms with Crippen LogP contribution in [0.15, 0.2) is 60.7 Å². The lowest BCUT2D eigenvalue weighted by atomic mass is 10.0. The van der Waals surface area contributed by atoms with E-state index in [0.29, 0.717) is 43.9 Å². The monoisotopic (exact) mass is 439 g/mol. The molecular weight excluding hydrogens is 425 g/mol. The maximum atomic E-state index is 13.5. The van der Waals surface area contributed by atoms with E-state index in [0.717, 1.165) is 0 Å². The van der Waals surface area contributed by atoms with Crippen molar-refractivity contribution in [2.75, 3.05) is 12.0 Å². The Morgan fingerprint density at radius 3 is 2.23 bits per heavy atom. The number of methoxy groups -OCH3 is 1. The Morgan fingerprint density at radius 2 is 1.63 bits per heavy atom. The molecule has 0 fully saturated rings.